The number of carbonyl (C=O) groups is 1. The SMILES string of the molecule is CCCNC(=O)c1nc(NCc2ccc(OC)cc2)c2cnn(Cc3ccc(CN4CCCC4)cc3)c2n1. The van der Waals surface area contributed by atoms with Gasteiger partial charge >= 0.3 is 0 Å². The summed E-state index contributed by atoms with van der Waals surface area (Å²) in [4.78, 5) is 24.5. The van der Waals surface area contributed by atoms with Crippen molar-refractivity contribution in [2.24, 2.45) is 0 Å². The van der Waals surface area contributed by atoms with Gasteiger partial charge in [0, 0.05) is 19.6 Å². The first-order valence-electron chi connectivity index (χ1n) is 13.3. The molecule has 1 aliphatic rings. The lowest BCUT2D eigenvalue weighted by atomic mass is 10.1. The molecule has 1 amide bonds. The molecule has 0 unspecified atom stereocenters. The van der Waals surface area contributed by atoms with Crippen LogP contribution >= 0.6 is 0 Å². The molecule has 0 spiro atoms. The maximum absolute atomic E-state index is 12.8. The minimum absolute atomic E-state index is 0.130. The summed E-state index contributed by atoms with van der Waals surface area (Å²) in [5.41, 5.74) is 4.14. The van der Waals surface area contributed by atoms with Crippen LogP contribution in [0.2, 0.25) is 0 Å². The molecule has 0 atom stereocenters. The highest BCUT2D eigenvalue weighted by atomic mass is 16.5. The van der Waals surface area contributed by atoms with Gasteiger partial charge in [0.25, 0.3) is 5.91 Å². The molecule has 4 aromatic rings. The predicted molar refractivity (Wildman–Crippen MR) is 148 cm³/mol. The van der Waals surface area contributed by atoms with Crippen LogP contribution in [0.1, 0.15) is 53.5 Å². The lowest BCUT2D eigenvalue weighted by Crippen LogP contribution is -2.26. The van der Waals surface area contributed by atoms with Crippen LogP contribution in [-0.4, -0.2) is 57.3 Å². The van der Waals surface area contributed by atoms with Gasteiger partial charge in [0.05, 0.1) is 25.2 Å². The van der Waals surface area contributed by atoms with Crippen molar-refractivity contribution in [3.8, 4) is 5.75 Å². The summed E-state index contributed by atoms with van der Waals surface area (Å²) >= 11 is 0. The molecule has 1 saturated heterocycles. The Morgan fingerprint density at radius 3 is 2.32 bits per heavy atom. The fourth-order valence-corrected chi connectivity index (χ4v) is 4.68. The van der Waals surface area contributed by atoms with E-state index < -0.39 is 0 Å². The van der Waals surface area contributed by atoms with Gasteiger partial charge in [0.1, 0.15) is 11.6 Å². The van der Waals surface area contributed by atoms with E-state index in [0.717, 1.165) is 35.2 Å². The molecule has 38 heavy (non-hydrogen) atoms. The number of nitrogens with zero attached hydrogens (tertiary/aromatic N) is 5. The number of likely N-dealkylation sites (tertiary alicyclic amines) is 1. The molecule has 9 nitrogen and oxygen atoms in total. The van der Waals surface area contributed by atoms with Crippen molar-refractivity contribution >= 4 is 22.8 Å². The van der Waals surface area contributed by atoms with Crippen LogP contribution in [-0.2, 0) is 19.6 Å². The summed E-state index contributed by atoms with van der Waals surface area (Å²) in [7, 11) is 1.65. The molecular formula is C29H35N7O2. The predicted octanol–water partition coefficient (Wildman–Crippen LogP) is 4.23. The van der Waals surface area contributed by atoms with Crippen molar-refractivity contribution in [3.63, 3.8) is 0 Å². The largest absolute Gasteiger partial charge is 0.497 e. The standard InChI is InChI=1S/C29H35N7O2/c1-3-14-30-29(37)27-33-26(31-17-21-10-12-24(38-2)13-11-21)25-18-32-36(28(25)34-27)20-23-8-6-22(7-9-23)19-35-15-4-5-16-35/h6-13,18H,3-5,14-17,19-20H2,1-2H3,(H,30,37)(H,31,33,34). The molecule has 2 aromatic heterocycles. The molecule has 0 aliphatic carbocycles. The summed E-state index contributed by atoms with van der Waals surface area (Å²) in [5.74, 6) is 1.23. The Hall–Kier alpha value is -3.98. The van der Waals surface area contributed by atoms with Crippen LogP contribution < -0.4 is 15.4 Å². The van der Waals surface area contributed by atoms with Crippen molar-refractivity contribution in [2.45, 2.75) is 45.8 Å². The molecule has 0 bridgehead atoms. The number of anilines is 1. The van der Waals surface area contributed by atoms with E-state index in [4.69, 9.17) is 4.74 Å². The number of methoxy groups -OCH3 is 1. The Balaban J connectivity index is 1.38. The highest BCUT2D eigenvalue weighted by molar-refractivity contribution is 5.95. The smallest absolute Gasteiger partial charge is 0.289 e. The van der Waals surface area contributed by atoms with Gasteiger partial charge < -0.3 is 15.4 Å². The van der Waals surface area contributed by atoms with Gasteiger partial charge in [-0.25, -0.2) is 14.6 Å². The van der Waals surface area contributed by atoms with Crippen LogP contribution in [0.15, 0.2) is 54.7 Å². The summed E-state index contributed by atoms with van der Waals surface area (Å²) in [6.45, 7) is 7.04. The second-order valence-corrected chi connectivity index (χ2v) is 9.69. The van der Waals surface area contributed by atoms with Crippen LogP contribution in [0.3, 0.4) is 0 Å². The van der Waals surface area contributed by atoms with Gasteiger partial charge in [-0.2, -0.15) is 5.10 Å². The molecule has 2 aromatic carbocycles. The number of carbonyl (C=O) groups excluding carboxylic acids is 1. The molecular weight excluding hydrogens is 478 g/mol. The normalized spacial score (nSPS) is 13.6. The van der Waals surface area contributed by atoms with E-state index in [1.807, 2.05) is 35.9 Å². The molecule has 1 aliphatic heterocycles. The van der Waals surface area contributed by atoms with Crippen molar-refractivity contribution in [1.29, 1.82) is 0 Å². The topological polar surface area (TPSA) is 97.2 Å². The van der Waals surface area contributed by atoms with Crippen LogP contribution in [0.25, 0.3) is 11.0 Å². The third-order valence-electron chi connectivity index (χ3n) is 6.81. The van der Waals surface area contributed by atoms with E-state index in [2.05, 4.69) is 54.9 Å². The summed E-state index contributed by atoms with van der Waals surface area (Å²) < 4.78 is 7.09. The Morgan fingerprint density at radius 1 is 0.947 bits per heavy atom. The average molecular weight is 514 g/mol. The average Bonchev–Trinajstić information content (AvgIpc) is 3.62. The second-order valence-electron chi connectivity index (χ2n) is 9.69. The Kier molecular flexibility index (Phi) is 8.13. The van der Waals surface area contributed by atoms with Crippen LogP contribution in [0.5, 0.6) is 5.75 Å². The number of nitrogens with one attached hydrogen (secondary N) is 2. The Labute approximate surface area is 223 Å². The first-order valence-corrected chi connectivity index (χ1v) is 13.3. The lowest BCUT2D eigenvalue weighted by Gasteiger charge is -2.14. The number of benzene rings is 2. The van der Waals surface area contributed by atoms with Crippen molar-refractivity contribution in [1.82, 2.24) is 30.0 Å². The number of rotatable bonds is 11. The third-order valence-corrected chi connectivity index (χ3v) is 6.81. The molecule has 2 N–H and O–H groups in total. The van der Waals surface area contributed by atoms with Gasteiger partial charge in [-0.1, -0.05) is 43.3 Å². The molecule has 9 heteroatoms. The maximum Gasteiger partial charge on any atom is 0.289 e. The highest BCUT2D eigenvalue weighted by Gasteiger charge is 2.18. The Morgan fingerprint density at radius 2 is 1.63 bits per heavy atom. The zero-order chi connectivity index (χ0) is 26.3. The van der Waals surface area contributed by atoms with Crippen LogP contribution in [0.4, 0.5) is 5.82 Å². The number of amides is 1. The fourth-order valence-electron chi connectivity index (χ4n) is 4.68. The van der Waals surface area contributed by atoms with Gasteiger partial charge in [-0.05, 0) is 61.2 Å². The molecule has 1 fully saturated rings. The highest BCUT2D eigenvalue weighted by Crippen LogP contribution is 2.23. The number of hydrogen-bond acceptors (Lipinski definition) is 7. The Bertz CT molecular complexity index is 1360. The minimum Gasteiger partial charge on any atom is -0.497 e. The lowest BCUT2D eigenvalue weighted by molar-refractivity contribution is 0.0943. The quantitative estimate of drug-likeness (QED) is 0.310. The second kappa shape index (κ2) is 12.0. The maximum atomic E-state index is 12.8. The van der Waals surface area contributed by atoms with Gasteiger partial charge in [-0.3, -0.25) is 9.69 Å². The van der Waals surface area contributed by atoms with E-state index >= 15 is 0 Å². The van der Waals surface area contributed by atoms with E-state index in [1.54, 1.807) is 13.3 Å². The summed E-state index contributed by atoms with van der Waals surface area (Å²) in [6.07, 6.45) is 5.19. The number of ether oxygens (including phenoxy) is 1. The molecule has 3 heterocycles. The first-order chi connectivity index (χ1) is 18.6. The summed E-state index contributed by atoms with van der Waals surface area (Å²) in [5, 5.41) is 11.7. The molecule has 0 saturated carbocycles. The minimum atomic E-state index is -0.291. The zero-order valence-corrected chi connectivity index (χ0v) is 22.1. The first kappa shape index (κ1) is 25.7. The fraction of sp³-hybridized carbons (Fsp3) is 0.379. The number of fused-ring (bicyclic) bond motifs is 1. The van der Waals surface area contributed by atoms with Crippen molar-refractivity contribution in [2.75, 3.05) is 32.1 Å². The van der Waals surface area contributed by atoms with Gasteiger partial charge in [0.2, 0.25) is 5.82 Å². The van der Waals surface area contributed by atoms with Crippen LogP contribution in [0, 0.1) is 0 Å². The third kappa shape index (κ3) is 6.11. The van der Waals surface area contributed by atoms with Crippen molar-refractivity contribution < 1.29 is 9.53 Å². The van der Waals surface area contributed by atoms with Gasteiger partial charge in [-0.15, -0.1) is 0 Å². The molecule has 0 radical (unpaired) electrons. The number of aromatic nitrogens is 4. The summed E-state index contributed by atoms with van der Waals surface area (Å²) in [6, 6.07) is 16.5. The molecule has 198 valence electrons. The van der Waals surface area contributed by atoms with E-state index in [-0.39, 0.29) is 11.7 Å². The van der Waals surface area contributed by atoms with E-state index in [1.165, 1.54) is 31.5 Å². The number of hydrogen-bond donors (Lipinski definition) is 2. The van der Waals surface area contributed by atoms with E-state index in [0.29, 0.717) is 31.1 Å². The van der Waals surface area contributed by atoms with E-state index in [9.17, 15) is 4.79 Å². The van der Waals surface area contributed by atoms with Crippen molar-refractivity contribution in [3.05, 3.63) is 77.2 Å². The monoisotopic (exact) mass is 513 g/mol. The molecule has 5 rings (SSSR count). The zero-order valence-electron chi connectivity index (χ0n) is 22.1. The van der Waals surface area contributed by atoms with Gasteiger partial charge in [0.15, 0.2) is 5.65 Å².